The smallest absolute Gasteiger partial charge is 0.231 e. The van der Waals surface area contributed by atoms with Crippen LogP contribution in [0.5, 0.6) is 11.5 Å². The van der Waals surface area contributed by atoms with Gasteiger partial charge in [0.2, 0.25) is 12.7 Å². The van der Waals surface area contributed by atoms with Crippen LogP contribution in [0.15, 0.2) is 18.2 Å². The first kappa shape index (κ1) is 12.3. The fraction of sp³-hybridized carbons (Fsp3) is 0.500. The van der Waals surface area contributed by atoms with Crippen LogP contribution in [0.25, 0.3) is 0 Å². The van der Waals surface area contributed by atoms with Gasteiger partial charge in [-0.3, -0.25) is 4.79 Å². The minimum absolute atomic E-state index is 0.0144. The molecule has 1 N–H and O–H groups in total. The van der Waals surface area contributed by atoms with Crippen molar-refractivity contribution < 1.29 is 19.0 Å². The summed E-state index contributed by atoms with van der Waals surface area (Å²) in [5, 5.41) is 2.90. The van der Waals surface area contributed by atoms with E-state index in [1.807, 2.05) is 18.2 Å². The highest BCUT2D eigenvalue weighted by Gasteiger charge is 2.20. The molecule has 2 aliphatic heterocycles. The summed E-state index contributed by atoms with van der Waals surface area (Å²) < 4.78 is 16.1. The summed E-state index contributed by atoms with van der Waals surface area (Å²) >= 11 is 0. The van der Waals surface area contributed by atoms with Crippen LogP contribution >= 0.6 is 0 Å². The molecule has 1 amide bonds. The third-order valence-corrected chi connectivity index (χ3v) is 3.38. The zero-order valence-corrected chi connectivity index (χ0v) is 10.7. The normalized spacial score (nSPS) is 20.5. The molecular formula is C14H17NO4. The summed E-state index contributed by atoms with van der Waals surface area (Å²) in [5.74, 6) is 1.39. The van der Waals surface area contributed by atoms with Gasteiger partial charge in [0.15, 0.2) is 11.5 Å². The molecule has 0 aliphatic carbocycles. The summed E-state index contributed by atoms with van der Waals surface area (Å²) in [6, 6.07) is 5.60. The second-order valence-electron chi connectivity index (χ2n) is 4.77. The lowest BCUT2D eigenvalue weighted by molar-refractivity contribution is -0.120. The molecule has 19 heavy (non-hydrogen) atoms. The molecule has 1 unspecified atom stereocenters. The highest BCUT2D eigenvalue weighted by atomic mass is 16.7. The van der Waals surface area contributed by atoms with Crippen LogP contribution in [0.2, 0.25) is 0 Å². The van der Waals surface area contributed by atoms with Crippen LogP contribution in [0.4, 0.5) is 0 Å². The number of ether oxygens (including phenoxy) is 3. The molecule has 1 saturated heterocycles. The van der Waals surface area contributed by atoms with Gasteiger partial charge in [0.25, 0.3) is 0 Å². The number of para-hydroxylation sites is 1. The summed E-state index contributed by atoms with van der Waals surface area (Å²) in [5.41, 5.74) is 0.861. The van der Waals surface area contributed by atoms with Crippen LogP contribution < -0.4 is 14.8 Å². The molecule has 1 aromatic carbocycles. The van der Waals surface area contributed by atoms with E-state index in [-0.39, 0.29) is 18.8 Å². The second-order valence-corrected chi connectivity index (χ2v) is 4.77. The van der Waals surface area contributed by atoms with Crippen molar-refractivity contribution in [2.75, 3.05) is 19.9 Å². The number of hydrogen-bond donors (Lipinski definition) is 1. The van der Waals surface area contributed by atoms with E-state index in [0.717, 1.165) is 25.0 Å². The van der Waals surface area contributed by atoms with E-state index in [1.54, 1.807) is 0 Å². The lowest BCUT2D eigenvalue weighted by atomic mass is 10.1. The van der Waals surface area contributed by atoms with E-state index in [4.69, 9.17) is 14.2 Å². The van der Waals surface area contributed by atoms with Crippen molar-refractivity contribution in [1.82, 2.24) is 5.32 Å². The lowest BCUT2D eigenvalue weighted by Gasteiger charge is -2.11. The predicted octanol–water partition coefficient (Wildman–Crippen LogP) is 1.25. The average molecular weight is 263 g/mol. The number of fused-ring (bicyclic) bond motifs is 1. The number of carbonyl (C=O) groups excluding carboxylic acids is 1. The minimum Gasteiger partial charge on any atom is -0.454 e. The largest absolute Gasteiger partial charge is 0.454 e. The number of carbonyl (C=O) groups is 1. The molecule has 1 fully saturated rings. The standard InChI is InChI=1S/C14H17NO4/c16-13(15-8-11-4-2-6-17-11)7-10-3-1-5-12-14(10)19-9-18-12/h1,3,5,11H,2,4,6-9H2,(H,15,16). The molecule has 5 nitrogen and oxygen atoms in total. The number of nitrogens with one attached hydrogen (secondary N) is 1. The quantitative estimate of drug-likeness (QED) is 0.888. The summed E-state index contributed by atoms with van der Waals surface area (Å²) in [7, 11) is 0. The number of hydrogen-bond acceptors (Lipinski definition) is 4. The van der Waals surface area contributed by atoms with Crippen LogP contribution in [-0.4, -0.2) is 32.0 Å². The van der Waals surface area contributed by atoms with E-state index in [1.165, 1.54) is 0 Å². The Labute approximate surface area is 111 Å². The van der Waals surface area contributed by atoms with E-state index >= 15 is 0 Å². The lowest BCUT2D eigenvalue weighted by Crippen LogP contribution is -2.32. The van der Waals surface area contributed by atoms with Crippen molar-refractivity contribution in [3.63, 3.8) is 0 Å². The highest BCUT2D eigenvalue weighted by Crippen LogP contribution is 2.35. The molecule has 102 valence electrons. The molecular weight excluding hydrogens is 246 g/mol. The molecule has 3 rings (SSSR count). The van der Waals surface area contributed by atoms with E-state index < -0.39 is 0 Å². The number of rotatable bonds is 4. The highest BCUT2D eigenvalue weighted by molar-refractivity contribution is 5.79. The second kappa shape index (κ2) is 5.48. The van der Waals surface area contributed by atoms with Crippen LogP contribution in [-0.2, 0) is 16.0 Å². The first-order valence-electron chi connectivity index (χ1n) is 6.59. The van der Waals surface area contributed by atoms with Crippen molar-refractivity contribution in [3.8, 4) is 11.5 Å². The molecule has 1 atom stereocenters. The van der Waals surface area contributed by atoms with E-state index in [9.17, 15) is 4.79 Å². The number of amides is 1. The van der Waals surface area contributed by atoms with Gasteiger partial charge in [0.1, 0.15) is 0 Å². The van der Waals surface area contributed by atoms with Gasteiger partial charge in [-0.05, 0) is 18.9 Å². The third-order valence-electron chi connectivity index (χ3n) is 3.38. The van der Waals surface area contributed by atoms with Gasteiger partial charge in [-0.15, -0.1) is 0 Å². The van der Waals surface area contributed by atoms with Crippen LogP contribution in [0.1, 0.15) is 18.4 Å². The Morgan fingerprint density at radius 3 is 3.16 bits per heavy atom. The Morgan fingerprint density at radius 1 is 1.37 bits per heavy atom. The van der Waals surface area contributed by atoms with Gasteiger partial charge in [-0.25, -0.2) is 0 Å². The van der Waals surface area contributed by atoms with Crippen LogP contribution in [0.3, 0.4) is 0 Å². The van der Waals surface area contributed by atoms with Gasteiger partial charge < -0.3 is 19.5 Å². The molecule has 0 spiro atoms. The maximum absolute atomic E-state index is 11.9. The van der Waals surface area contributed by atoms with E-state index in [2.05, 4.69) is 5.32 Å². The summed E-state index contributed by atoms with van der Waals surface area (Å²) in [6.45, 7) is 1.62. The van der Waals surface area contributed by atoms with Crippen molar-refractivity contribution in [1.29, 1.82) is 0 Å². The van der Waals surface area contributed by atoms with Crippen LogP contribution in [0, 0.1) is 0 Å². The van der Waals surface area contributed by atoms with Crippen molar-refractivity contribution in [3.05, 3.63) is 23.8 Å². The predicted molar refractivity (Wildman–Crippen MR) is 68.3 cm³/mol. The maximum atomic E-state index is 11.9. The number of benzene rings is 1. The Bertz CT molecular complexity index is 469. The van der Waals surface area contributed by atoms with Crippen molar-refractivity contribution >= 4 is 5.91 Å². The van der Waals surface area contributed by atoms with Gasteiger partial charge in [0.05, 0.1) is 12.5 Å². The van der Waals surface area contributed by atoms with Gasteiger partial charge >= 0.3 is 0 Å². The SMILES string of the molecule is O=C(Cc1cccc2c1OCO2)NCC1CCCO1. The molecule has 5 heteroatoms. The van der Waals surface area contributed by atoms with Crippen molar-refractivity contribution in [2.24, 2.45) is 0 Å². The maximum Gasteiger partial charge on any atom is 0.231 e. The van der Waals surface area contributed by atoms with Crippen molar-refractivity contribution in [2.45, 2.75) is 25.4 Å². The fourth-order valence-electron chi connectivity index (χ4n) is 2.40. The Balaban J connectivity index is 1.56. The molecule has 0 aromatic heterocycles. The molecule has 0 radical (unpaired) electrons. The summed E-state index contributed by atoms with van der Waals surface area (Å²) in [4.78, 5) is 11.9. The zero-order valence-electron chi connectivity index (χ0n) is 10.7. The first-order valence-corrected chi connectivity index (χ1v) is 6.59. The minimum atomic E-state index is -0.0144. The molecule has 2 aliphatic rings. The average Bonchev–Trinajstić information content (AvgIpc) is 3.08. The van der Waals surface area contributed by atoms with Gasteiger partial charge in [-0.1, -0.05) is 12.1 Å². The zero-order chi connectivity index (χ0) is 13.1. The molecule has 1 aromatic rings. The monoisotopic (exact) mass is 263 g/mol. The third kappa shape index (κ3) is 2.81. The first-order chi connectivity index (χ1) is 9.33. The van der Waals surface area contributed by atoms with E-state index in [0.29, 0.717) is 24.5 Å². The Morgan fingerprint density at radius 2 is 2.32 bits per heavy atom. The fourth-order valence-corrected chi connectivity index (χ4v) is 2.40. The molecule has 0 bridgehead atoms. The molecule has 2 heterocycles. The molecule has 0 saturated carbocycles. The topological polar surface area (TPSA) is 56.8 Å². The Hall–Kier alpha value is -1.75. The Kier molecular flexibility index (Phi) is 3.55. The van der Waals surface area contributed by atoms with Gasteiger partial charge in [0, 0.05) is 18.7 Å². The summed E-state index contributed by atoms with van der Waals surface area (Å²) in [6.07, 6.45) is 2.58. The van der Waals surface area contributed by atoms with Gasteiger partial charge in [-0.2, -0.15) is 0 Å².